The molecule has 0 saturated heterocycles. The van der Waals surface area contributed by atoms with Gasteiger partial charge in [-0.05, 0) is 28.9 Å². The Hall–Kier alpha value is -0.320. The van der Waals surface area contributed by atoms with Crippen LogP contribution in [-0.4, -0.2) is 5.11 Å². The van der Waals surface area contributed by atoms with Crippen LogP contribution < -0.4 is 5.73 Å². The molecule has 1 aromatic carbocycles. The summed E-state index contributed by atoms with van der Waals surface area (Å²) in [5.74, 6) is -0.609. The van der Waals surface area contributed by atoms with Gasteiger partial charge in [-0.15, -0.1) is 12.4 Å². The van der Waals surface area contributed by atoms with Crippen molar-refractivity contribution in [2.24, 2.45) is 5.73 Å². The molecule has 0 aromatic heterocycles. The summed E-state index contributed by atoms with van der Waals surface area (Å²) in [6.07, 6.45) is 0. The summed E-state index contributed by atoms with van der Waals surface area (Å²) in [5, 5.41) is 9.38. The molecule has 3 N–H and O–H groups in total. The van der Waals surface area contributed by atoms with Gasteiger partial charge in [0.2, 0.25) is 0 Å². The lowest BCUT2D eigenvalue weighted by Gasteiger charge is -2.09. The van der Waals surface area contributed by atoms with Gasteiger partial charge in [-0.2, -0.15) is 0 Å². The summed E-state index contributed by atoms with van der Waals surface area (Å²) in [6.45, 7) is 1.72. The maximum atomic E-state index is 12.8. The van der Waals surface area contributed by atoms with E-state index in [4.69, 9.17) is 5.73 Å². The number of aromatic hydroxyl groups is 1. The van der Waals surface area contributed by atoms with Gasteiger partial charge < -0.3 is 10.8 Å². The lowest BCUT2D eigenvalue weighted by molar-refractivity contribution is 0.452. The smallest absolute Gasteiger partial charge is 0.141 e. The van der Waals surface area contributed by atoms with E-state index in [1.165, 1.54) is 12.1 Å². The number of hydrogen-bond acceptors (Lipinski definition) is 2. The number of hydrogen-bond donors (Lipinski definition) is 2. The number of halogens is 3. The van der Waals surface area contributed by atoms with Crippen molar-refractivity contribution in [3.8, 4) is 5.75 Å². The highest BCUT2D eigenvalue weighted by Gasteiger charge is 2.12. The first kappa shape index (κ1) is 12.7. The molecule has 13 heavy (non-hydrogen) atoms. The molecule has 0 aliphatic carbocycles. The zero-order valence-electron chi connectivity index (χ0n) is 6.92. The van der Waals surface area contributed by atoms with Crippen molar-refractivity contribution in [1.82, 2.24) is 0 Å². The molecule has 0 unspecified atom stereocenters. The van der Waals surface area contributed by atoms with Crippen molar-refractivity contribution in [2.75, 3.05) is 0 Å². The van der Waals surface area contributed by atoms with Crippen molar-refractivity contribution in [3.05, 3.63) is 28.0 Å². The van der Waals surface area contributed by atoms with Crippen LogP contribution in [0.15, 0.2) is 16.6 Å². The summed E-state index contributed by atoms with van der Waals surface area (Å²) in [7, 11) is 0. The minimum Gasteiger partial charge on any atom is -0.506 e. The molecule has 0 spiro atoms. The van der Waals surface area contributed by atoms with Gasteiger partial charge in [0.25, 0.3) is 0 Å². The molecule has 1 aromatic rings. The molecule has 0 heterocycles. The topological polar surface area (TPSA) is 46.2 Å². The average Bonchev–Trinajstić information content (AvgIpc) is 2.00. The summed E-state index contributed by atoms with van der Waals surface area (Å²) in [4.78, 5) is 0. The van der Waals surface area contributed by atoms with Gasteiger partial charge in [0.05, 0.1) is 4.47 Å². The normalized spacial score (nSPS) is 12.0. The predicted molar refractivity (Wildman–Crippen MR) is 55.6 cm³/mol. The zero-order chi connectivity index (χ0) is 9.30. The minimum absolute atomic E-state index is 0. The number of phenols is 1. The van der Waals surface area contributed by atoms with E-state index in [0.717, 1.165) is 0 Å². The van der Waals surface area contributed by atoms with Gasteiger partial charge in [0.1, 0.15) is 11.6 Å². The highest BCUT2D eigenvalue weighted by atomic mass is 79.9. The van der Waals surface area contributed by atoms with Crippen LogP contribution in [0.4, 0.5) is 4.39 Å². The minimum atomic E-state index is -0.489. The molecular formula is C8H10BrClFNO. The van der Waals surface area contributed by atoms with E-state index in [-0.39, 0.29) is 28.7 Å². The molecule has 0 saturated carbocycles. The number of phenolic OH excluding ortho intramolecular Hbond substituents is 1. The fourth-order valence-electron chi connectivity index (χ4n) is 0.922. The second kappa shape index (κ2) is 4.79. The van der Waals surface area contributed by atoms with Gasteiger partial charge in [0, 0.05) is 11.6 Å². The fraction of sp³-hybridized carbons (Fsp3) is 0.250. The van der Waals surface area contributed by atoms with E-state index in [2.05, 4.69) is 15.9 Å². The summed E-state index contributed by atoms with van der Waals surface area (Å²) >= 11 is 2.92. The van der Waals surface area contributed by atoms with Crippen molar-refractivity contribution < 1.29 is 9.50 Å². The van der Waals surface area contributed by atoms with E-state index in [0.29, 0.717) is 5.56 Å². The van der Waals surface area contributed by atoms with E-state index in [9.17, 15) is 9.50 Å². The molecule has 5 heteroatoms. The third-order valence-corrected chi connectivity index (χ3v) is 2.35. The highest BCUT2D eigenvalue weighted by Crippen LogP contribution is 2.32. The molecule has 0 aliphatic heterocycles. The van der Waals surface area contributed by atoms with Crippen molar-refractivity contribution in [3.63, 3.8) is 0 Å². The molecule has 2 nitrogen and oxygen atoms in total. The van der Waals surface area contributed by atoms with Gasteiger partial charge >= 0.3 is 0 Å². The quantitative estimate of drug-likeness (QED) is 0.824. The number of rotatable bonds is 1. The molecule has 74 valence electrons. The Labute approximate surface area is 90.5 Å². The Morgan fingerprint density at radius 3 is 2.54 bits per heavy atom. The van der Waals surface area contributed by atoms with E-state index in [1.54, 1.807) is 6.92 Å². The Morgan fingerprint density at radius 2 is 2.08 bits per heavy atom. The van der Waals surface area contributed by atoms with Crippen LogP contribution in [0.2, 0.25) is 0 Å². The number of nitrogens with two attached hydrogens (primary N) is 1. The maximum absolute atomic E-state index is 12.8. The average molecular weight is 271 g/mol. The Balaban J connectivity index is 0.00000144. The Morgan fingerprint density at radius 1 is 1.54 bits per heavy atom. The molecule has 1 atom stereocenters. The first-order chi connectivity index (χ1) is 5.54. The molecule has 0 fully saturated rings. The van der Waals surface area contributed by atoms with Crippen LogP contribution in [0.25, 0.3) is 0 Å². The van der Waals surface area contributed by atoms with Gasteiger partial charge in [-0.1, -0.05) is 6.07 Å². The third-order valence-electron chi connectivity index (χ3n) is 1.59. The second-order valence-electron chi connectivity index (χ2n) is 2.59. The summed E-state index contributed by atoms with van der Waals surface area (Å²) in [5.41, 5.74) is 6.06. The summed E-state index contributed by atoms with van der Waals surface area (Å²) < 4.78 is 12.8. The zero-order valence-corrected chi connectivity index (χ0v) is 9.32. The van der Waals surface area contributed by atoms with Crippen molar-refractivity contribution in [1.29, 1.82) is 0 Å². The SMILES string of the molecule is C[C@H](N)c1ccc(F)c(Br)c1O.Cl. The molecule has 1 rings (SSSR count). The first-order valence-corrected chi connectivity index (χ1v) is 4.25. The van der Waals surface area contributed by atoms with Crippen LogP contribution in [0.1, 0.15) is 18.5 Å². The number of benzene rings is 1. The maximum Gasteiger partial charge on any atom is 0.141 e. The molecule has 0 amide bonds. The van der Waals surface area contributed by atoms with Crippen molar-refractivity contribution >= 4 is 28.3 Å². The first-order valence-electron chi connectivity index (χ1n) is 3.46. The van der Waals surface area contributed by atoms with Crippen LogP contribution in [0, 0.1) is 5.82 Å². The standard InChI is InChI=1S/C8H9BrFNO.ClH/c1-4(11)5-2-3-6(10)7(9)8(5)12;/h2-4,12H,11H2,1H3;1H/t4-;/m0./s1. The molecule has 0 radical (unpaired) electrons. The van der Waals surface area contributed by atoms with Gasteiger partial charge in [-0.25, -0.2) is 4.39 Å². The molecule has 0 aliphatic rings. The van der Waals surface area contributed by atoms with Crippen LogP contribution in [-0.2, 0) is 0 Å². The molecule has 0 bridgehead atoms. The monoisotopic (exact) mass is 269 g/mol. The lowest BCUT2D eigenvalue weighted by atomic mass is 10.1. The van der Waals surface area contributed by atoms with Crippen LogP contribution >= 0.6 is 28.3 Å². The Bertz CT molecular complexity index is 306. The predicted octanol–water partition coefficient (Wildman–Crippen LogP) is 2.74. The Kier molecular flexibility index (Phi) is 4.67. The highest BCUT2D eigenvalue weighted by molar-refractivity contribution is 9.10. The van der Waals surface area contributed by atoms with Crippen LogP contribution in [0.3, 0.4) is 0 Å². The van der Waals surface area contributed by atoms with E-state index in [1.807, 2.05) is 0 Å². The van der Waals surface area contributed by atoms with Crippen molar-refractivity contribution in [2.45, 2.75) is 13.0 Å². The third kappa shape index (κ3) is 2.56. The summed E-state index contributed by atoms with van der Waals surface area (Å²) in [6, 6.07) is 2.43. The van der Waals surface area contributed by atoms with Gasteiger partial charge in [0.15, 0.2) is 0 Å². The lowest BCUT2D eigenvalue weighted by Crippen LogP contribution is -2.05. The van der Waals surface area contributed by atoms with Crippen LogP contribution in [0.5, 0.6) is 5.75 Å². The van der Waals surface area contributed by atoms with Gasteiger partial charge in [-0.3, -0.25) is 0 Å². The molecular weight excluding hydrogens is 260 g/mol. The van der Waals surface area contributed by atoms with E-state index < -0.39 is 5.82 Å². The second-order valence-corrected chi connectivity index (χ2v) is 3.38. The largest absolute Gasteiger partial charge is 0.506 e. The fourth-order valence-corrected chi connectivity index (χ4v) is 1.28. The van der Waals surface area contributed by atoms with E-state index >= 15 is 0 Å².